The predicted octanol–water partition coefficient (Wildman–Crippen LogP) is 2.11. The van der Waals surface area contributed by atoms with E-state index < -0.39 is 0 Å². The number of nitrogens with one attached hydrogen (secondary N) is 1. The van der Waals surface area contributed by atoms with E-state index in [-0.39, 0.29) is 18.2 Å². The quantitative estimate of drug-likeness (QED) is 0.733. The lowest BCUT2D eigenvalue weighted by atomic mass is 9.96. The SMILES string of the molecule is N#CCC(=O)NCC1CCN(C(=O)CCCOc2ccccc2)CC1. The second kappa shape index (κ2) is 10.3. The van der Waals surface area contributed by atoms with Crippen molar-refractivity contribution < 1.29 is 14.3 Å². The van der Waals surface area contributed by atoms with Crippen LogP contribution in [0.1, 0.15) is 32.1 Å². The van der Waals surface area contributed by atoms with Crippen molar-refractivity contribution in [3.8, 4) is 11.8 Å². The number of rotatable bonds is 8. The summed E-state index contributed by atoms with van der Waals surface area (Å²) in [6, 6.07) is 11.4. The van der Waals surface area contributed by atoms with Crippen molar-refractivity contribution in [2.45, 2.75) is 32.1 Å². The highest BCUT2D eigenvalue weighted by atomic mass is 16.5. The summed E-state index contributed by atoms with van der Waals surface area (Å²) >= 11 is 0. The largest absolute Gasteiger partial charge is 0.494 e. The van der Waals surface area contributed by atoms with Crippen LogP contribution in [0.2, 0.25) is 0 Å². The molecule has 0 aliphatic carbocycles. The third-order valence-corrected chi connectivity index (χ3v) is 4.34. The molecule has 0 atom stereocenters. The maximum absolute atomic E-state index is 12.2. The molecule has 1 saturated heterocycles. The summed E-state index contributed by atoms with van der Waals surface area (Å²) in [6.45, 7) is 2.60. The van der Waals surface area contributed by atoms with Crippen LogP contribution in [-0.2, 0) is 9.59 Å². The number of hydrogen-bond donors (Lipinski definition) is 1. The van der Waals surface area contributed by atoms with E-state index in [1.165, 1.54) is 0 Å². The van der Waals surface area contributed by atoms with Gasteiger partial charge >= 0.3 is 0 Å². The van der Waals surface area contributed by atoms with E-state index in [4.69, 9.17) is 10.00 Å². The van der Waals surface area contributed by atoms with Crippen LogP contribution < -0.4 is 10.1 Å². The summed E-state index contributed by atoms with van der Waals surface area (Å²) in [5.41, 5.74) is 0. The number of carbonyl (C=O) groups is 2. The molecular formula is C19H25N3O3. The Morgan fingerprint density at radius 3 is 2.64 bits per heavy atom. The molecule has 6 nitrogen and oxygen atoms in total. The molecule has 0 bridgehead atoms. The van der Waals surface area contributed by atoms with Crippen LogP contribution in [0.3, 0.4) is 0 Å². The van der Waals surface area contributed by atoms with E-state index in [9.17, 15) is 9.59 Å². The highest BCUT2D eigenvalue weighted by molar-refractivity contribution is 5.78. The first kappa shape index (κ1) is 18.8. The van der Waals surface area contributed by atoms with Crippen LogP contribution in [-0.4, -0.2) is 43.0 Å². The van der Waals surface area contributed by atoms with Gasteiger partial charge in [0.15, 0.2) is 0 Å². The van der Waals surface area contributed by atoms with Crippen molar-refractivity contribution in [2.24, 2.45) is 5.92 Å². The van der Waals surface area contributed by atoms with E-state index in [2.05, 4.69) is 5.32 Å². The Morgan fingerprint density at radius 1 is 1.24 bits per heavy atom. The number of amides is 2. The van der Waals surface area contributed by atoms with Crippen molar-refractivity contribution in [2.75, 3.05) is 26.2 Å². The lowest BCUT2D eigenvalue weighted by molar-refractivity contribution is -0.133. The van der Waals surface area contributed by atoms with Crippen molar-refractivity contribution in [3.63, 3.8) is 0 Å². The summed E-state index contributed by atoms with van der Waals surface area (Å²) in [5.74, 6) is 1.16. The molecule has 2 rings (SSSR count). The third-order valence-electron chi connectivity index (χ3n) is 4.34. The van der Waals surface area contributed by atoms with E-state index in [1.807, 2.05) is 41.3 Å². The molecule has 6 heteroatoms. The molecule has 1 aromatic rings. The number of carbonyl (C=O) groups excluding carboxylic acids is 2. The molecule has 0 aromatic heterocycles. The topological polar surface area (TPSA) is 82.4 Å². The summed E-state index contributed by atoms with van der Waals surface area (Å²) in [7, 11) is 0. The Bertz CT molecular complexity index is 590. The van der Waals surface area contributed by atoms with Crippen molar-refractivity contribution in [3.05, 3.63) is 30.3 Å². The molecule has 1 fully saturated rings. The second-order valence-electron chi connectivity index (χ2n) is 6.23. The average Bonchev–Trinajstić information content (AvgIpc) is 2.65. The Labute approximate surface area is 148 Å². The minimum Gasteiger partial charge on any atom is -0.494 e. The van der Waals surface area contributed by atoms with Crippen molar-refractivity contribution in [1.29, 1.82) is 5.26 Å². The molecule has 0 unspecified atom stereocenters. The van der Waals surface area contributed by atoms with E-state index in [0.29, 0.717) is 31.9 Å². The maximum Gasteiger partial charge on any atom is 0.234 e. The van der Waals surface area contributed by atoms with Gasteiger partial charge in [-0.3, -0.25) is 9.59 Å². The summed E-state index contributed by atoms with van der Waals surface area (Å²) in [4.78, 5) is 25.4. The van der Waals surface area contributed by atoms with Crippen LogP contribution in [0.25, 0.3) is 0 Å². The van der Waals surface area contributed by atoms with Gasteiger partial charge in [0.1, 0.15) is 12.2 Å². The fourth-order valence-corrected chi connectivity index (χ4v) is 2.87. The molecule has 0 saturated carbocycles. The van der Waals surface area contributed by atoms with Crippen LogP contribution in [0.4, 0.5) is 0 Å². The molecule has 0 spiro atoms. The van der Waals surface area contributed by atoms with Gasteiger partial charge < -0.3 is 15.0 Å². The van der Waals surface area contributed by atoms with Crippen molar-refractivity contribution in [1.82, 2.24) is 10.2 Å². The first-order valence-corrected chi connectivity index (χ1v) is 8.78. The standard InChI is InChI=1S/C19H25N3O3/c20-11-8-18(23)21-15-16-9-12-22(13-10-16)19(24)7-4-14-25-17-5-2-1-3-6-17/h1-3,5-6,16H,4,7-10,12-15H2,(H,21,23). The Balaban J connectivity index is 1.58. The first-order chi connectivity index (χ1) is 12.2. The van der Waals surface area contributed by atoms with Crippen LogP contribution in [0, 0.1) is 17.2 Å². The molecule has 2 amide bonds. The average molecular weight is 343 g/mol. The van der Waals surface area contributed by atoms with Gasteiger partial charge in [0, 0.05) is 26.1 Å². The van der Waals surface area contributed by atoms with Gasteiger partial charge in [-0.15, -0.1) is 0 Å². The first-order valence-electron chi connectivity index (χ1n) is 8.78. The van der Waals surface area contributed by atoms with Gasteiger partial charge in [-0.2, -0.15) is 5.26 Å². The van der Waals surface area contributed by atoms with Gasteiger partial charge in [0.25, 0.3) is 0 Å². The summed E-state index contributed by atoms with van der Waals surface area (Å²) in [6.07, 6.45) is 2.88. The molecule has 1 N–H and O–H groups in total. The Kier molecular flexibility index (Phi) is 7.77. The van der Waals surface area contributed by atoms with E-state index in [1.54, 1.807) is 0 Å². The number of nitriles is 1. The van der Waals surface area contributed by atoms with Gasteiger partial charge in [-0.05, 0) is 37.3 Å². The van der Waals surface area contributed by atoms with Gasteiger partial charge in [-0.25, -0.2) is 0 Å². The lowest BCUT2D eigenvalue weighted by Gasteiger charge is -2.32. The van der Waals surface area contributed by atoms with E-state index in [0.717, 1.165) is 31.7 Å². The van der Waals surface area contributed by atoms with Gasteiger partial charge in [0.05, 0.1) is 12.7 Å². The minimum atomic E-state index is -0.223. The molecule has 25 heavy (non-hydrogen) atoms. The Morgan fingerprint density at radius 2 is 1.96 bits per heavy atom. The molecular weight excluding hydrogens is 318 g/mol. The number of hydrogen-bond acceptors (Lipinski definition) is 4. The van der Waals surface area contributed by atoms with Gasteiger partial charge in [-0.1, -0.05) is 18.2 Å². The second-order valence-corrected chi connectivity index (χ2v) is 6.23. The summed E-state index contributed by atoms with van der Waals surface area (Å²) in [5, 5.41) is 11.2. The van der Waals surface area contributed by atoms with Gasteiger partial charge in [0.2, 0.25) is 11.8 Å². The fourth-order valence-electron chi connectivity index (χ4n) is 2.87. The number of benzene rings is 1. The monoisotopic (exact) mass is 343 g/mol. The number of likely N-dealkylation sites (tertiary alicyclic amines) is 1. The maximum atomic E-state index is 12.2. The smallest absolute Gasteiger partial charge is 0.234 e. The predicted molar refractivity (Wildman–Crippen MR) is 93.7 cm³/mol. The van der Waals surface area contributed by atoms with Crippen molar-refractivity contribution >= 4 is 11.8 Å². The normalized spacial score (nSPS) is 14.6. The number of para-hydroxylation sites is 1. The summed E-state index contributed by atoms with van der Waals surface area (Å²) < 4.78 is 5.60. The Hall–Kier alpha value is -2.55. The molecule has 1 aliphatic rings. The zero-order valence-electron chi connectivity index (χ0n) is 14.4. The fraction of sp³-hybridized carbons (Fsp3) is 0.526. The zero-order valence-corrected chi connectivity index (χ0v) is 14.4. The minimum absolute atomic E-state index is 0.0949. The number of piperidine rings is 1. The van der Waals surface area contributed by atoms with Crippen LogP contribution in [0.15, 0.2) is 30.3 Å². The number of ether oxygens (including phenoxy) is 1. The zero-order chi connectivity index (χ0) is 17.9. The van der Waals surface area contributed by atoms with E-state index >= 15 is 0 Å². The lowest BCUT2D eigenvalue weighted by Crippen LogP contribution is -2.41. The van der Waals surface area contributed by atoms with Crippen LogP contribution in [0.5, 0.6) is 5.75 Å². The molecule has 1 heterocycles. The van der Waals surface area contributed by atoms with Crippen LogP contribution >= 0.6 is 0 Å². The molecule has 1 aliphatic heterocycles. The highest BCUT2D eigenvalue weighted by Gasteiger charge is 2.22. The number of nitrogens with zero attached hydrogens (tertiary/aromatic N) is 2. The molecule has 0 radical (unpaired) electrons. The highest BCUT2D eigenvalue weighted by Crippen LogP contribution is 2.17. The molecule has 1 aromatic carbocycles. The molecule has 134 valence electrons. The third kappa shape index (κ3) is 6.84.